The fraction of sp³-hybridized carbons (Fsp3) is 0.200. The van der Waals surface area contributed by atoms with E-state index in [1.54, 1.807) is 12.1 Å². The highest BCUT2D eigenvalue weighted by molar-refractivity contribution is 9.10. The molecule has 0 fully saturated rings. The van der Waals surface area contributed by atoms with E-state index in [1.165, 1.54) is 6.07 Å². The molecule has 19 heavy (non-hydrogen) atoms. The van der Waals surface area contributed by atoms with E-state index in [1.807, 2.05) is 19.9 Å². The lowest BCUT2D eigenvalue weighted by Crippen LogP contribution is -2.00. The summed E-state index contributed by atoms with van der Waals surface area (Å²) in [6.45, 7) is 4.03. The zero-order valence-electron chi connectivity index (χ0n) is 10.5. The van der Waals surface area contributed by atoms with Crippen LogP contribution in [0, 0.1) is 19.7 Å². The quantitative estimate of drug-likeness (QED) is 0.510. The molecule has 2 aromatic carbocycles. The van der Waals surface area contributed by atoms with E-state index in [0.717, 1.165) is 21.2 Å². The standard InChI is InChI=1S/C15H12Br2ClF/c1-8-6-13(16)9(2)5-12(8)15(17)11-4-3-10(18)7-14(11)19/h3-7,15H,1-2H3. The van der Waals surface area contributed by atoms with Crippen LogP contribution in [0.3, 0.4) is 0 Å². The zero-order valence-corrected chi connectivity index (χ0v) is 14.4. The molecule has 0 spiro atoms. The van der Waals surface area contributed by atoms with Gasteiger partial charge in [0.05, 0.1) is 4.83 Å². The fourth-order valence-electron chi connectivity index (χ4n) is 1.95. The first-order chi connectivity index (χ1) is 8.90. The molecule has 0 saturated carbocycles. The Bertz CT molecular complexity index is 626. The summed E-state index contributed by atoms with van der Waals surface area (Å²) in [4.78, 5) is -0.184. The topological polar surface area (TPSA) is 0 Å². The number of rotatable bonds is 2. The molecule has 0 aliphatic carbocycles. The molecule has 2 aromatic rings. The smallest absolute Gasteiger partial charge is 0.129 e. The number of halogens is 4. The van der Waals surface area contributed by atoms with Gasteiger partial charge >= 0.3 is 0 Å². The second kappa shape index (κ2) is 5.94. The molecule has 0 radical (unpaired) electrons. The summed E-state index contributed by atoms with van der Waals surface area (Å²) in [5, 5.41) is 0.407. The molecule has 0 aromatic heterocycles. The number of alkyl halides is 1. The Morgan fingerprint density at radius 3 is 2.37 bits per heavy atom. The van der Waals surface area contributed by atoms with E-state index < -0.39 is 0 Å². The molecule has 2 rings (SSSR count). The van der Waals surface area contributed by atoms with Crippen molar-refractivity contribution in [2.45, 2.75) is 18.7 Å². The molecule has 0 N–H and O–H groups in total. The molecule has 0 aliphatic heterocycles. The van der Waals surface area contributed by atoms with Crippen molar-refractivity contribution in [3.05, 3.63) is 67.9 Å². The minimum absolute atomic E-state index is 0.184. The Balaban J connectivity index is 2.49. The van der Waals surface area contributed by atoms with Crippen LogP contribution in [0.25, 0.3) is 0 Å². The van der Waals surface area contributed by atoms with Crippen molar-refractivity contribution in [2.75, 3.05) is 0 Å². The van der Waals surface area contributed by atoms with Crippen LogP contribution in [0.15, 0.2) is 34.8 Å². The molecular formula is C15H12Br2ClF. The monoisotopic (exact) mass is 404 g/mol. The summed E-state index contributed by atoms with van der Waals surface area (Å²) in [6.07, 6.45) is 0. The normalized spacial score (nSPS) is 12.5. The predicted octanol–water partition coefficient (Wildman–Crippen LogP) is 6.34. The van der Waals surface area contributed by atoms with Gasteiger partial charge < -0.3 is 0 Å². The molecular weight excluding hydrogens is 394 g/mol. The van der Waals surface area contributed by atoms with Crippen molar-refractivity contribution in [3.8, 4) is 0 Å². The number of hydrogen-bond donors (Lipinski definition) is 0. The van der Waals surface area contributed by atoms with Gasteiger partial charge in [-0.3, -0.25) is 0 Å². The fourth-order valence-corrected chi connectivity index (χ4v) is 3.43. The van der Waals surface area contributed by atoms with Gasteiger partial charge in [-0.05, 0) is 48.7 Å². The lowest BCUT2D eigenvalue weighted by atomic mass is 9.98. The van der Waals surface area contributed by atoms with Crippen LogP contribution in [-0.4, -0.2) is 0 Å². The van der Waals surface area contributed by atoms with E-state index in [9.17, 15) is 4.39 Å². The zero-order chi connectivity index (χ0) is 14.2. The maximum atomic E-state index is 14.0. The first-order valence-electron chi connectivity index (χ1n) is 5.76. The third-order valence-corrected chi connectivity index (χ3v) is 5.13. The summed E-state index contributed by atoms with van der Waals surface area (Å²) in [5.74, 6) is -0.297. The van der Waals surface area contributed by atoms with E-state index in [4.69, 9.17) is 11.6 Å². The molecule has 100 valence electrons. The largest absolute Gasteiger partial charge is 0.207 e. The Hall–Kier alpha value is -0.380. The van der Waals surface area contributed by atoms with E-state index >= 15 is 0 Å². The van der Waals surface area contributed by atoms with E-state index in [-0.39, 0.29) is 10.6 Å². The molecule has 4 heteroatoms. The van der Waals surface area contributed by atoms with Crippen LogP contribution < -0.4 is 0 Å². The molecule has 0 bridgehead atoms. The van der Waals surface area contributed by atoms with Crippen molar-refractivity contribution < 1.29 is 4.39 Å². The SMILES string of the molecule is Cc1cc(C(Br)c2ccc(Cl)cc2F)c(C)cc1Br. The lowest BCUT2D eigenvalue weighted by molar-refractivity contribution is 0.613. The Morgan fingerprint density at radius 1 is 1.05 bits per heavy atom. The van der Waals surface area contributed by atoms with Crippen molar-refractivity contribution >= 4 is 43.5 Å². The molecule has 1 unspecified atom stereocenters. The summed E-state index contributed by atoms with van der Waals surface area (Å²) in [6, 6.07) is 8.87. The highest BCUT2D eigenvalue weighted by Crippen LogP contribution is 2.36. The minimum atomic E-state index is -0.297. The van der Waals surface area contributed by atoms with Crippen LogP contribution in [0.5, 0.6) is 0 Å². The number of aryl methyl sites for hydroxylation is 2. The van der Waals surface area contributed by atoms with Gasteiger partial charge in [-0.15, -0.1) is 0 Å². The third kappa shape index (κ3) is 3.21. The Labute approximate surface area is 134 Å². The first-order valence-corrected chi connectivity index (χ1v) is 7.84. The second-order valence-electron chi connectivity index (χ2n) is 4.49. The summed E-state index contributed by atoms with van der Waals surface area (Å²) < 4.78 is 15.0. The average molecular weight is 407 g/mol. The molecule has 0 saturated heterocycles. The van der Waals surface area contributed by atoms with Crippen LogP contribution in [-0.2, 0) is 0 Å². The summed E-state index contributed by atoms with van der Waals surface area (Å²) >= 11 is 12.9. The van der Waals surface area contributed by atoms with Gasteiger partial charge in [0, 0.05) is 15.1 Å². The molecule has 0 nitrogen and oxygen atoms in total. The molecule has 0 amide bonds. The second-order valence-corrected chi connectivity index (χ2v) is 6.69. The van der Waals surface area contributed by atoms with Crippen LogP contribution >= 0.6 is 43.5 Å². The molecule has 1 atom stereocenters. The van der Waals surface area contributed by atoms with Gasteiger partial charge in [0.1, 0.15) is 5.82 Å². The van der Waals surface area contributed by atoms with Crippen LogP contribution in [0.1, 0.15) is 27.1 Å². The van der Waals surface area contributed by atoms with Gasteiger partial charge in [0.15, 0.2) is 0 Å². The van der Waals surface area contributed by atoms with Gasteiger partial charge in [0.25, 0.3) is 0 Å². The third-order valence-electron chi connectivity index (χ3n) is 3.06. The number of benzene rings is 2. The van der Waals surface area contributed by atoms with Gasteiger partial charge in [-0.1, -0.05) is 55.6 Å². The predicted molar refractivity (Wildman–Crippen MR) is 85.8 cm³/mol. The minimum Gasteiger partial charge on any atom is -0.207 e. The highest BCUT2D eigenvalue weighted by atomic mass is 79.9. The Morgan fingerprint density at radius 2 is 1.74 bits per heavy atom. The van der Waals surface area contributed by atoms with Crippen molar-refractivity contribution in [1.29, 1.82) is 0 Å². The van der Waals surface area contributed by atoms with Crippen molar-refractivity contribution in [3.63, 3.8) is 0 Å². The Kier molecular flexibility index (Phi) is 4.70. The molecule has 0 aliphatic rings. The van der Waals surface area contributed by atoms with E-state index in [2.05, 4.69) is 37.9 Å². The van der Waals surface area contributed by atoms with Crippen LogP contribution in [0.4, 0.5) is 4.39 Å². The van der Waals surface area contributed by atoms with Gasteiger partial charge in [-0.2, -0.15) is 0 Å². The van der Waals surface area contributed by atoms with Crippen molar-refractivity contribution in [1.82, 2.24) is 0 Å². The summed E-state index contributed by atoms with van der Waals surface area (Å²) in [7, 11) is 0. The highest BCUT2D eigenvalue weighted by Gasteiger charge is 2.17. The maximum Gasteiger partial charge on any atom is 0.129 e. The lowest BCUT2D eigenvalue weighted by Gasteiger charge is -2.16. The first kappa shape index (κ1) is 15.0. The average Bonchev–Trinajstić information content (AvgIpc) is 2.33. The van der Waals surface area contributed by atoms with Gasteiger partial charge in [0.2, 0.25) is 0 Å². The van der Waals surface area contributed by atoms with E-state index in [0.29, 0.717) is 10.6 Å². The molecule has 0 heterocycles. The summed E-state index contributed by atoms with van der Waals surface area (Å²) in [5.41, 5.74) is 3.88. The van der Waals surface area contributed by atoms with Crippen LogP contribution in [0.2, 0.25) is 5.02 Å². The van der Waals surface area contributed by atoms with Gasteiger partial charge in [-0.25, -0.2) is 4.39 Å². The van der Waals surface area contributed by atoms with Crippen molar-refractivity contribution in [2.24, 2.45) is 0 Å². The maximum absolute atomic E-state index is 14.0. The number of hydrogen-bond acceptors (Lipinski definition) is 0.